The zero-order valence-corrected chi connectivity index (χ0v) is 18.3. The number of rotatable bonds is 5. The van der Waals surface area contributed by atoms with Crippen LogP contribution in [0.3, 0.4) is 0 Å². The fourth-order valence-electron chi connectivity index (χ4n) is 4.16. The monoisotopic (exact) mass is 429 g/mol. The molecule has 0 unspecified atom stereocenters. The van der Waals surface area contributed by atoms with Crippen molar-refractivity contribution in [3.05, 3.63) is 99.3 Å². The number of nitrogens with one attached hydrogen (secondary N) is 1. The fourth-order valence-corrected chi connectivity index (χ4v) is 4.85. The molecule has 0 radical (unpaired) electrons. The summed E-state index contributed by atoms with van der Waals surface area (Å²) in [7, 11) is 0. The van der Waals surface area contributed by atoms with Crippen molar-refractivity contribution in [1.82, 2.24) is 4.37 Å². The average Bonchev–Trinajstić information content (AvgIpc) is 3.38. The van der Waals surface area contributed by atoms with Crippen LogP contribution in [0.25, 0.3) is 10.4 Å². The first-order chi connectivity index (χ1) is 15.1. The van der Waals surface area contributed by atoms with Crippen molar-refractivity contribution in [3.8, 4) is 27.7 Å². The number of ether oxygens (including phenoxy) is 2. The van der Waals surface area contributed by atoms with Crippen LogP contribution in [0.2, 0.25) is 0 Å². The molecule has 0 saturated heterocycles. The average molecular weight is 430 g/mol. The molecular weight excluding hydrogens is 406 g/mol. The lowest BCUT2D eigenvalue weighted by Gasteiger charge is -2.17. The topological polar surface area (TPSA) is 51.3 Å². The van der Waals surface area contributed by atoms with Gasteiger partial charge in [0.1, 0.15) is 23.4 Å². The van der Waals surface area contributed by atoms with Gasteiger partial charge in [-0.2, -0.15) is 0 Å². The first kappa shape index (κ1) is 19.6. The summed E-state index contributed by atoms with van der Waals surface area (Å²) in [4.78, 5) is 12.3. The SMILES string of the molecule is Cc1cccc(C)c1Oc1cccc2c1CC[C@H]2Oc1ccc(-c2cc(=O)[nH]s2)cc1. The van der Waals surface area contributed by atoms with Gasteiger partial charge in [-0.05, 0) is 79.3 Å². The van der Waals surface area contributed by atoms with E-state index in [0.29, 0.717) is 0 Å². The molecule has 1 aliphatic carbocycles. The van der Waals surface area contributed by atoms with Gasteiger partial charge in [0, 0.05) is 11.6 Å². The van der Waals surface area contributed by atoms with E-state index in [1.807, 2.05) is 36.4 Å². The highest BCUT2D eigenvalue weighted by Gasteiger charge is 2.27. The second-order valence-electron chi connectivity index (χ2n) is 7.89. The zero-order valence-electron chi connectivity index (χ0n) is 17.5. The molecule has 1 aliphatic rings. The van der Waals surface area contributed by atoms with E-state index in [9.17, 15) is 4.79 Å². The molecule has 0 aliphatic heterocycles. The lowest BCUT2D eigenvalue weighted by molar-refractivity contribution is 0.207. The molecule has 1 N–H and O–H groups in total. The molecule has 4 aromatic rings. The van der Waals surface area contributed by atoms with Crippen LogP contribution in [-0.4, -0.2) is 4.37 Å². The van der Waals surface area contributed by atoms with Crippen molar-refractivity contribution >= 4 is 11.5 Å². The van der Waals surface area contributed by atoms with Crippen LogP contribution in [0.1, 0.15) is 34.8 Å². The minimum Gasteiger partial charge on any atom is -0.486 e. The van der Waals surface area contributed by atoms with Crippen molar-refractivity contribution in [2.45, 2.75) is 32.8 Å². The Hall–Kier alpha value is -3.31. The first-order valence-corrected chi connectivity index (χ1v) is 11.2. The third-order valence-corrected chi connectivity index (χ3v) is 6.61. The van der Waals surface area contributed by atoms with Crippen LogP contribution < -0.4 is 15.0 Å². The van der Waals surface area contributed by atoms with Crippen LogP contribution in [-0.2, 0) is 6.42 Å². The molecule has 156 valence electrons. The van der Waals surface area contributed by atoms with Gasteiger partial charge in [0.15, 0.2) is 0 Å². The third kappa shape index (κ3) is 3.89. The lowest BCUT2D eigenvalue weighted by Crippen LogP contribution is -2.03. The van der Waals surface area contributed by atoms with E-state index in [1.54, 1.807) is 6.07 Å². The quantitative estimate of drug-likeness (QED) is 0.390. The number of aromatic nitrogens is 1. The van der Waals surface area contributed by atoms with Gasteiger partial charge in [-0.25, -0.2) is 0 Å². The molecule has 0 amide bonds. The van der Waals surface area contributed by atoms with Crippen LogP contribution in [0.5, 0.6) is 17.2 Å². The predicted molar refractivity (Wildman–Crippen MR) is 124 cm³/mol. The molecule has 1 heterocycles. The maximum atomic E-state index is 11.4. The Bertz CT molecular complexity index is 1270. The predicted octanol–water partition coefficient (Wildman–Crippen LogP) is 6.58. The van der Waals surface area contributed by atoms with E-state index < -0.39 is 0 Å². The summed E-state index contributed by atoms with van der Waals surface area (Å²) in [6.45, 7) is 4.15. The van der Waals surface area contributed by atoms with E-state index in [2.05, 4.69) is 42.5 Å². The second-order valence-corrected chi connectivity index (χ2v) is 8.74. The van der Waals surface area contributed by atoms with E-state index in [4.69, 9.17) is 9.47 Å². The highest BCUT2D eigenvalue weighted by Crippen LogP contribution is 2.42. The number of benzene rings is 3. The molecule has 5 heteroatoms. The minimum absolute atomic E-state index is 0.00526. The number of aromatic amines is 1. The van der Waals surface area contributed by atoms with Crippen molar-refractivity contribution < 1.29 is 9.47 Å². The van der Waals surface area contributed by atoms with Gasteiger partial charge in [0.25, 0.3) is 5.56 Å². The van der Waals surface area contributed by atoms with Gasteiger partial charge in [0.05, 0.1) is 4.88 Å². The summed E-state index contributed by atoms with van der Waals surface area (Å²) < 4.78 is 15.4. The highest BCUT2D eigenvalue weighted by atomic mass is 32.1. The highest BCUT2D eigenvalue weighted by molar-refractivity contribution is 7.09. The molecule has 0 saturated carbocycles. The maximum Gasteiger partial charge on any atom is 0.258 e. The van der Waals surface area contributed by atoms with E-state index in [-0.39, 0.29) is 11.7 Å². The Kier molecular flexibility index (Phi) is 5.12. The Morgan fingerprint density at radius 2 is 1.71 bits per heavy atom. The Morgan fingerprint density at radius 3 is 2.42 bits per heavy atom. The van der Waals surface area contributed by atoms with Gasteiger partial charge in [0.2, 0.25) is 0 Å². The molecule has 1 atom stereocenters. The molecule has 0 bridgehead atoms. The van der Waals surface area contributed by atoms with Crippen LogP contribution in [0, 0.1) is 13.8 Å². The Balaban J connectivity index is 1.36. The van der Waals surface area contributed by atoms with Gasteiger partial charge in [-0.1, -0.05) is 41.9 Å². The second kappa shape index (κ2) is 8.08. The largest absolute Gasteiger partial charge is 0.486 e. The van der Waals surface area contributed by atoms with Crippen molar-refractivity contribution in [1.29, 1.82) is 0 Å². The zero-order chi connectivity index (χ0) is 21.4. The molecular formula is C26H23NO3S. The molecule has 4 nitrogen and oxygen atoms in total. The summed E-state index contributed by atoms with van der Waals surface area (Å²) in [5.74, 6) is 2.67. The summed E-state index contributed by atoms with van der Waals surface area (Å²) in [5, 5.41) is 0. The van der Waals surface area contributed by atoms with Gasteiger partial charge in [-0.15, -0.1) is 0 Å². The summed E-state index contributed by atoms with van der Waals surface area (Å²) in [5.41, 5.74) is 5.63. The smallest absolute Gasteiger partial charge is 0.258 e. The Labute approximate surface area is 185 Å². The van der Waals surface area contributed by atoms with Crippen LogP contribution in [0.4, 0.5) is 0 Å². The van der Waals surface area contributed by atoms with Gasteiger partial charge < -0.3 is 9.47 Å². The first-order valence-electron chi connectivity index (χ1n) is 10.4. The molecule has 5 rings (SSSR count). The van der Waals surface area contributed by atoms with E-state index in [0.717, 1.165) is 51.7 Å². The van der Waals surface area contributed by atoms with Gasteiger partial charge in [-0.3, -0.25) is 9.17 Å². The number of hydrogen-bond donors (Lipinski definition) is 1. The van der Waals surface area contributed by atoms with Gasteiger partial charge >= 0.3 is 0 Å². The Morgan fingerprint density at radius 1 is 0.968 bits per heavy atom. The number of hydrogen-bond acceptors (Lipinski definition) is 4. The number of fused-ring (bicyclic) bond motifs is 1. The lowest BCUT2D eigenvalue weighted by atomic mass is 10.1. The van der Waals surface area contributed by atoms with Crippen molar-refractivity contribution in [3.63, 3.8) is 0 Å². The van der Waals surface area contributed by atoms with E-state index >= 15 is 0 Å². The summed E-state index contributed by atoms with van der Waals surface area (Å²) in [6.07, 6.45) is 1.85. The van der Waals surface area contributed by atoms with Crippen LogP contribution in [0.15, 0.2) is 71.5 Å². The summed E-state index contributed by atoms with van der Waals surface area (Å²) in [6, 6.07) is 22.0. The van der Waals surface area contributed by atoms with Crippen LogP contribution >= 0.6 is 11.5 Å². The van der Waals surface area contributed by atoms with Crippen molar-refractivity contribution in [2.75, 3.05) is 0 Å². The molecule has 0 fully saturated rings. The number of para-hydroxylation sites is 1. The molecule has 0 spiro atoms. The summed E-state index contributed by atoms with van der Waals surface area (Å²) >= 11 is 1.34. The fraction of sp³-hybridized carbons (Fsp3) is 0.192. The standard InChI is InChI=1S/C26H23NO3S/c1-16-5-3-6-17(2)26(16)30-22-8-4-7-20-21(22)13-14-23(20)29-19-11-9-18(10-12-19)24-15-25(28)27-31-24/h3-12,15,23H,13-14H2,1-2H3,(H,27,28)/t23-/m1/s1. The number of aryl methyl sites for hydroxylation is 2. The molecule has 31 heavy (non-hydrogen) atoms. The number of H-pyrrole nitrogens is 1. The van der Waals surface area contributed by atoms with Crippen molar-refractivity contribution in [2.24, 2.45) is 0 Å². The third-order valence-electron chi connectivity index (χ3n) is 5.73. The normalized spacial score (nSPS) is 15.0. The molecule has 3 aromatic carbocycles. The van der Waals surface area contributed by atoms with E-state index in [1.165, 1.54) is 22.7 Å². The maximum absolute atomic E-state index is 11.4. The molecule has 1 aromatic heterocycles. The minimum atomic E-state index is -0.0678.